The lowest BCUT2D eigenvalue weighted by Crippen LogP contribution is -2.04. The predicted molar refractivity (Wildman–Crippen MR) is 116 cm³/mol. The first-order chi connectivity index (χ1) is 14.8. The molecule has 5 aromatic rings. The molecule has 0 saturated carbocycles. The zero-order chi connectivity index (χ0) is 20.3. The minimum Gasteiger partial charge on any atom is -0.497 e. The third kappa shape index (κ3) is 3.55. The Balaban J connectivity index is 1.48. The second-order valence-electron chi connectivity index (χ2n) is 7.17. The van der Waals surface area contributed by atoms with Crippen molar-refractivity contribution in [2.75, 3.05) is 7.11 Å². The number of hydrogen-bond donors (Lipinski definition) is 0. The summed E-state index contributed by atoms with van der Waals surface area (Å²) in [5, 5.41) is 14.4. The number of tetrazole rings is 1. The fourth-order valence-corrected chi connectivity index (χ4v) is 3.69. The Labute approximate surface area is 174 Å². The summed E-state index contributed by atoms with van der Waals surface area (Å²) >= 11 is 0. The minimum absolute atomic E-state index is 0.535. The van der Waals surface area contributed by atoms with Gasteiger partial charge in [-0.05, 0) is 34.5 Å². The maximum absolute atomic E-state index is 5.30. The van der Waals surface area contributed by atoms with Crippen LogP contribution in [-0.2, 0) is 13.1 Å². The van der Waals surface area contributed by atoms with E-state index in [0.717, 1.165) is 34.3 Å². The van der Waals surface area contributed by atoms with Gasteiger partial charge in [0.25, 0.3) is 0 Å². The van der Waals surface area contributed by atoms with Crippen molar-refractivity contribution in [1.82, 2.24) is 24.8 Å². The molecule has 6 nitrogen and oxygen atoms in total. The van der Waals surface area contributed by atoms with Crippen molar-refractivity contribution < 1.29 is 4.74 Å². The third-order valence-corrected chi connectivity index (χ3v) is 5.14. The number of para-hydroxylation sites is 1. The normalized spacial score (nSPS) is 11.1. The van der Waals surface area contributed by atoms with Gasteiger partial charge in [-0.3, -0.25) is 0 Å². The molecule has 0 bridgehead atoms. The second-order valence-corrected chi connectivity index (χ2v) is 7.17. The molecule has 0 unspecified atom stereocenters. The summed E-state index contributed by atoms with van der Waals surface area (Å²) in [6.45, 7) is 1.33. The molecule has 0 aliphatic heterocycles. The maximum atomic E-state index is 5.30. The topological polar surface area (TPSA) is 57.8 Å². The lowest BCUT2D eigenvalue weighted by Gasteiger charge is -2.05. The fraction of sp³-hybridized carbons (Fsp3) is 0.125. The largest absolute Gasteiger partial charge is 0.497 e. The van der Waals surface area contributed by atoms with Crippen LogP contribution in [0, 0.1) is 0 Å². The van der Waals surface area contributed by atoms with Crippen molar-refractivity contribution in [1.29, 1.82) is 0 Å². The molecule has 0 saturated heterocycles. The van der Waals surface area contributed by atoms with Gasteiger partial charge < -0.3 is 9.30 Å². The molecular formula is C24H21N5O. The second kappa shape index (κ2) is 7.83. The highest BCUT2D eigenvalue weighted by atomic mass is 16.5. The molecule has 0 radical (unpaired) electrons. The highest BCUT2D eigenvalue weighted by Crippen LogP contribution is 2.28. The number of nitrogens with zero attached hydrogens (tertiary/aromatic N) is 5. The van der Waals surface area contributed by atoms with Gasteiger partial charge >= 0.3 is 0 Å². The Kier molecular flexibility index (Phi) is 4.73. The molecule has 2 heterocycles. The van der Waals surface area contributed by atoms with Crippen LogP contribution < -0.4 is 4.74 Å². The van der Waals surface area contributed by atoms with E-state index >= 15 is 0 Å². The summed E-state index contributed by atoms with van der Waals surface area (Å²) in [5.41, 5.74) is 4.45. The average molecular weight is 395 g/mol. The highest BCUT2D eigenvalue weighted by molar-refractivity contribution is 5.94. The van der Waals surface area contributed by atoms with Crippen LogP contribution in [-0.4, -0.2) is 31.9 Å². The Hall–Kier alpha value is -3.93. The first kappa shape index (κ1) is 18.1. The van der Waals surface area contributed by atoms with Crippen LogP contribution in [0.25, 0.3) is 22.3 Å². The summed E-state index contributed by atoms with van der Waals surface area (Å²) in [6, 6.07) is 26.7. The number of benzene rings is 3. The molecule has 0 N–H and O–H groups in total. The van der Waals surface area contributed by atoms with Crippen LogP contribution >= 0.6 is 0 Å². The van der Waals surface area contributed by atoms with Gasteiger partial charge in [0.15, 0.2) is 0 Å². The monoisotopic (exact) mass is 395 g/mol. The zero-order valence-electron chi connectivity index (χ0n) is 16.6. The van der Waals surface area contributed by atoms with Crippen LogP contribution in [0.2, 0.25) is 0 Å². The molecule has 0 fully saturated rings. The number of ether oxygens (including phenoxy) is 1. The molecule has 0 atom stereocenters. The van der Waals surface area contributed by atoms with E-state index < -0.39 is 0 Å². The van der Waals surface area contributed by atoms with Crippen molar-refractivity contribution in [2.45, 2.75) is 13.1 Å². The zero-order valence-corrected chi connectivity index (χ0v) is 16.6. The fourth-order valence-electron chi connectivity index (χ4n) is 3.69. The maximum Gasteiger partial charge on any atom is 0.207 e. The van der Waals surface area contributed by atoms with Crippen LogP contribution in [0.5, 0.6) is 5.75 Å². The van der Waals surface area contributed by atoms with Gasteiger partial charge in [-0.15, -0.1) is 10.2 Å². The standard InChI is InChI=1S/C24H21N5O/c1-30-20-11-7-10-19(14-20)16-29-26-24(25-27-29)22-17-28(15-18-8-3-2-4-9-18)23-13-6-5-12-21(22)23/h2-14,17H,15-16H2,1H3. The molecule has 148 valence electrons. The lowest BCUT2D eigenvalue weighted by atomic mass is 10.2. The molecule has 3 aromatic carbocycles. The Morgan fingerprint density at radius 3 is 2.50 bits per heavy atom. The van der Waals surface area contributed by atoms with Crippen LogP contribution in [0.1, 0.15) is 11.1 Å². The molecule has 2 aromatic heterocycles. The smallest absolute Gasteiger partial charge is 0.207 e. The summed E-state index contributed by atoms with van der Waals surface area (Å²) in [4.78, 5) is 1.62. The van der Waals surface area contributed by atoms with Crippen molar-refractivity contribution >= 4 is 10.9 Å². The van der Waals surface area contributed by atoms with Crippen molar-refractivity contribution in [3.8, 4) is 17.1 Å². The summed E-state index contributed by atoms with van der Waals surface area (Å²) < 4.78 is 7.54. The first-order valence-corrected chi connectivity index (χ1v) is 9.83. The molecular weight excluding hydrogens is 374 g/mol. The van der Waals surface area contributed by atoms with Crippen LogP contribution in [0.3, 0.4) is 0 Å². The quantitative estimate of drug-likeness (QED) is 0.428. The summed E-state index contributed by atoms with van der Waals surface area (Å²) in [5.74, 6) is 1.44. The number of rotatable bonds is 6. The van der Waals surface area contributed by atoms with E-state index in [2.05, 4.69) is 68.6 Å². The molecule has 0 amide bonds. The van der Waals surface area contributed by atoms with Crippen molar-refractivity contribution in [3.05, 3.63) is 96.2 Å². The number of methoxy groups -OCH3 is 1. The average Bonchev–Trinajstić information content (AvgIpc) is 3.39. The molecule has 6 heteroatoms. The van der Waals surface area contributed by atoms with Crippen molar-refractivity contribution in [2.24, 2.45) is 0 Å². The Morgan fingerprint density at radius 2 is 1.63 bits per heavy atom. The lowest BCUT2D eigenvalue weighted by molar-refractivity contribution is 0.413. The minimum atomic E-state index is 0.535. The van der Waals surface area contributed by atoms with Crippen LogP contribution in [0.4, 0.5) is 0 Å². The number of hydrogen-bond acceptors (Lipinski definition) is 4. The summed E-state index contributed by atoms with van der Waals surface area (Å²) in [6.07, 6.45) is 2.12. The van der Waals surface area contributed by atoms with E-state index in [-0.39, 0.29) is 0 Å². The summed E-state index contributed by atoms with van der Waals surface area (Å²) in [7, 11) is 1.66. The van der Waals surface area contributed by atoms with Crippen molar-refractivity contribution in [3.63, 3.8) is 0 Å². The van der Waals surface area contributed by atoms with E-state index in [1.165, 1.54) is 5.56 Å². The van der Waals surface area contributed by atoms with E-state index in [1.54, 1.807) is 11.9 Å². The molecule has 0 spiro atoms. The van der Waals surface area contributed by atoms with Gasteiger partial charge in [-0.1, -0.05) is 60.7 Å². The van der Waals surface area contributed by atoms with E-state index in [1.807, 2.05) is 36.4 Å². The Morgan fingerprint density at radius 1 is 0.833 bits per heavy atom. The van der Waals surface area contributed by atoms with E-state index in [0.29, 0.717) is 12.4 Å². The third-order valence-electron chi connectivity index (χ3n) is 5.14. The SMILES string of the molecule is COc1cccc(Cn2nnc(-c3cn(Cc4ccccc4)c4ccccc34)n2)c1. The molecule has 0 aliphatic rings. The van der Waals surface area contributed by atoms with E-state index in [9.17, 15) is 0 Å². The van der Waals surface area contributed by atoms with Gasteiger partial charge in [-0.2, -0.15) is 4.80 Å². The highest BCUT2D eigenvalue weighted by Gasteiger charge is 2.15. The van der Waals surface area contributed by atoms with Gasteiger partial charge in [0.1, 0.15) is 5.75 Å². The van der Waals surface area contributed by atoms with Crippen LogP contribution in [0.15, 0.2) is 85.1 Å². The predicted octanol–water partition coefficient (Wildman–Crippen LogP) is 4.40. The van der Waals surface area contributed by atoms with Gasteiger partial charge in [-0.25, -0.2) is 0 Å². The molecule has 5 rings (SSSR count). The van der Waals surface area contributed by atoms with Gasteiger partial charge in [0.2, 0.25) is 5.82 Å². The van der Waals surface area contributed by atoms with E-state index in [4.69, 9.17) is 4.74 Å². The van der Waals surface area contributed by atoms with Gasteiger partial charge in [0, 0.05) is 29.2 Å². The number of fused-ring (bicyclic) bond motifs is 1. The molecule has 30 heavy (non-hydrogen) atoms. The number of aromatic nitrogens is 5. The first-order valence-electron chi connectivity index (χ1n) is 9.83. The molecule has 0 aliphatic carbocycles. The van der Waals surface area contributed by atoms with Gasteiger partial charge in [0.05, 0.1) is 13.7 Å². The Bertz CT molecular complexity index is 1290.